The van der Waals surface area contributed by atoms with Gasteiger partial charge >= 0.3 is 0 Å². The van der Waals surface area contributed by atoms with Crippen LogP contribution in [0.5, 0.6) is 0 Å². The summed E-state index contributed by atoms with van der Waals surface area (Å²) in [5.74, 6) is 0.239. The number of rotatable bonds is 1. The molecule has 0 bridgehead atoms. The van der Waals surface area contributed by atoms with Gasteiger partial charge in [-0.25, -0.2) is 4.39 Å². The maximum Gasteiger partial charge on any atom is 0.257 e. The topological polar surface area (TPSA) is 20.3 Å². The van der Waals surface area contributed by atoms with Gasteiger partial charge in [0.2, 0.25) is 0 Å². The molecule has 0 aliphatic carbocycles. The van der Waals surface area contributed by atoms with E-state index in [0.717, 1.165) is 6.42 Å². The molecule has 1 saturated heterocycles. The van der Waals surface area contributed by atoms with E-state index < -0.39 is 5.82 Å². The molecule has 1 aromatic carbocycles. The molecule has 2 nitrogen and oxygen atoms in total. The van der Waals surface area contributed by atoms with Gasteiger partial charge in [0.05, 0.1) is 10.0 Å². The number of halogens is 2. The summed E-state index contributed by atoms with van der Waals surface area (Å²) in [5, 5.41) is 0. The molecule has 1 aromatic rings. The molecule has 0 radical (unpaired) electrons. The maximum absolute atomic E-state index is 14.0. The second-order valence-electron chi connectivity index (χ2n) is 5.62. The largest absolute Gasteiger partial charge is 0.335 e. The average molecular weight is 328 g/mol. The van der Waals surface area contributed by atoms with E-state index in [1.807, 2.05) is 11.8 Å². The third-order valence-corrected chi connectivity index (χ3v) is 4.65. The first-order valence-corrected chi connectivity index (χ1v) is 7.46. The predicted octanol–water partition coefficient (Wildman–Crippen LogP) is 4.09. The highest BCUT2D eigenvalue weighted by Crippen LogP contribution is 2.29. The Hall–Kier alpha value is -0.900. The standard InChI is InChI=1S/C15H19BrFNO/c1-9-7-10(2)11(3)18(8-9)15(19)12-5-4-6-13(16)14(12)17/h4-6,9-11H,7-8H2,1-3H3. The minimum absolute atomic E-state index is 0.155. The van der Waals surface area contributed by atoms with Crippen LogP contribution in [0.2, 0.25) is 0 Å². The third kappa shape index (κ3) is 2.83. The van der Waals surface area contributed by atoms with E-state index in [1.54, 1.807) is 18.2 Å². The number of amides is 1. The molecule has 1 fully saturated rings. The Morgan fingerprint density at radius 2 is 2.05 bits per heavy atom. The molecule has 4 heteroatoms. The zero-order valence-corrected chi connectivity index (χ0v) is 13.1. The van der Waals surface area contributed by atoms with Crippen molar-refractivity contribution in [3.8, 4) is 0 Å². The highest BCUT2D eigenvalue weighted by atomic mass is 79.9. The minimum atomic E-state index is -0.467. The number of nitrogens with zero attached hydrogens (tertiary/aromatic N) is 1. The molecule has 1 amide bonds. The quantitative estimate of drug-likeness (QED) is 0.760. The Morgan fingerprint density at radius 3 is 2.74 bits per heavy atom. The molecule has 1 aliphatic heterocycles. The van der Waals surface area contributed by atoms with Crippen LogP contribution in [0.15, 0.2) is 22.7 Å². The number of hydrogen-bond acceptors (Lipinski definition) is 1. The normalized spacial score (nSPS) is 27.4. The number of carbonyl (C=O) groups is 1. The van der Waals surface area contributed by atoms with Gasteiger partial charge in [-0.15, -0.1) is 0 Å². The number of carbonyl (C=O) groups excluding carboxylic acids is 1. The van der Waals surface area contributed by atoms with Crippen LogP contribution in [0.3, 0.4) is 0 Å². The number of piperidine rings is 1. The van der Waals surface area contributed by atoms with E-state index in [4.69, 9.17) is 0 Å². The molecule has 0 saturated carbocycles. The van der Waals surface area contributed by atoms with Crippen molar-refractivity contribution in [3.05, 3.63) is 34.1 Å². The van der Waals surface area contributed by atoms with Gasteiger partial charge in [-0.1, -0.05) is 19.9 Å². The molecule has 0 N–H and O–H groups in total. The van der Waals surface area contributed by atoms with Gasteiger partial charge in [0.25, 0.3) is 5.91 Å². The Balaban J connectivity index is 2.30. The average Bonchev–Trinajstić information content (AvgIpc) is 2.36. The zero-order valence-electron chi connectivity index (χ0n) is 11.5. The zero-order chi connectivity index (χ0) is 14.2. The Morgan fingerprint density at radius 1 is 1.37 bits per heavy atom. The molecule has 2 rings (SSSR count). The molecule has 3 unspecified atom stereocenters. The maximum atomic E-state index is 14.0. The first-order valence-electron chi connectivity index (χ1n) is 6.66. The van der Waals surface area contributed by atoms with E-state index in [1.165, 1.54) is 0 Å². The summed E-state index contributed by atoms with van der Waals surface area (Å²) in [7, 11) is 0. The predicted molar refractivity (Wildman–Crippen MR) is 77.5 cm³/mol. The summed E-state index contributed by atoms with van der Waals surface area (Å²) in [5.41, 5.74) is 0.155. The van der Waals surface area contributed by atoms with Crippen molar-refractivity contribution in [2.45, 2.75) is 33.2 Å². The molecular weight excluding hydrogens is 309 g/mol. The smallest absolute Gasteiger partial charge is 0.257 e. The Labute approximate surface area is 122 Å². The Bertz CT molecular complexity index is 491. The van der Waals surface area contributed by atoms with Crippen molar-refractivity contribution in [1.82, 2.24) is 4.90 Å². The second kappa shape index (κ2) is 5.61. The van der Waals surface area contributed by atoms with Gasteiger partial charge in [-0.3, -0.25) is 4.79 Å². The van der Waals surface area contributed by atoms with Crippen molar-refractivity contribution in [1.29, 1.82) is 0 Å². The lowest BCUT2D eigenvalue weighted by molar-refractivity contribution is 0.0451. The fraction of sp³-hybridized carbons (Fsp3) is 0.533. The summed E-state index contributed by atoms with van der Waals surface area (Å²) in [6, 6.07) is 5.01. The summed E-state index contributed by atoms with van der Waals surface area (Å²) in [6.07, 6.45) is 1.12. The summed E-state index contributed by atoms with van der Waals surface area (Å²) in [6.45, 7) is 7.04. The molecule has 1 aliphatic rings. The fourth-order valence-corrected chi connectivity index (χ4v) is 3.17. The SMILES string of the molecule is CC1CC(C)C(C)N(C(=O)c2cccc(Br)c2F)C1. The molecule has 3 atom stereocenters. The fourth-order valence-electron chi connectivity index (χ4n) is 2.81. The lowest BCUT2D eigenvalue weighted by Gasteiger charge is -2.41. The molecule has 1 heterocycles. The van der Waals surface area contributed by atoms with Crippen molar-refractivity contribution in [2.24, 2.45) is 11.8 Å². The van der Waals surface area contributed by atoms with Crippen LogP contribution in [0.4, 0.5) is 4.39 Å². The van der Waals surface area contributed by atoms with Crippen LogP contribution in [-0.4, -0.2) is 23.4 Å². The lowest BCUT2D eigenvalue weighted by Crippen LogP contribution is -2.49. The van der Waals surface area contributed by atoms with Crippen LogP contribution < -0.4 is 0 Å². The molecule has 0 spiro atoms. The number of hydrogen-bond donors (Lipinski definition) is 0. The van der Waals surface area contributed by atoms with Gasteiger partial charge < -0.3 is 4.90 Å². The van der Waals surface area contributed by atoms with E-state index in [2.05, 4.69) is 29.8 Å². The van der Waals surface area contributed by atoms with Crippen LogP contribution in [0, 0.1) is 17.7 Å². The highest BCUT2D eigenvalue weighted by molar-refractivity contribution is 9.10. The first kappa shape index (κ1) is 14.5. The monoisotopic (exact) mass is 327 g/mol. The number of benzene rings is 1. The molecule has 0 aromatic heterocycles. The molecule has 19 heavy (non-hydrogen) atoms. The first-order chi connectivity index (χ1) is 8.91. The second-order valence-corrected chi connectivity index (χ2v) is 6.47. The van der Waals surface area contributed by atoms with Gasteiger partial charge in [0.15, 0.2) is 0 Å². The third-order valence-electron chi connectivity index (χ3n) is 4.04. The van der Waals surface area contributed by atoms with E-state index in [-0.39, 0.29) is 17.5 Å². The van der Waals surface area contributed by atoms with Gasteiger partial charge in [0.1, 0.15) is 5.82 Å². The summed E-state index contributed by atoms with van der Waals surface area (Å²) >= 11 is 3.13. The lowest BCUT2D eigenvalue weighted by atomic mass is 9.85. The van der Waals surface area contributed by atoms with Crippen molar-refractivity contribution >= 4 is 21.8 Å². The van der Waals surface area contributed by atoms with Gasteiger partial charge in [-0.2, -0.15) is 0 Å². The number of likely N-dealkylation sites (tertiary alicyclic amines) is 1. The minimum Gasteiger partial charge on any atom is -0.335 e. The van der Waals surface area contributed by atoms with E-state index >= 15 is 0 Å². The van der Waals surface area contributed by atoms with Crippen molar-refractivity contribution < 1.29 is 9.18 Å². The van der Waals surface area contributed by atoms with E-state index in [9.17, 15) is 9.18 Å². The van der Waals surface area contributed by atoms with Crippen LogP contribution >= 0.6 is 15.9 Å². The van der Waals surface area contributed by atoms with Crippen LogP contribution in [0.1, 0.15) is 37.6 Å². The summed E-state index contributed by atoms with van der Waals surface area (Å²) in [4.78, 5) is 14.3. The van der Waals surface area contributed by atoms with Gasteiger partial charge in [-0.05, 0) is 53.2 Å². The van der Waals surface area contributed by atoms with Crippen molar-refractivity contribution in [2.75, 3.05) is 6.54 Å². The van der Waals surface area contributed by atoms with E-state index in [0.29, 0.717) is 22.9 Å². The highest BCUT2D eigenvalue weighted by Gasteiger charge is 2.33. The van der Waals surface area contributed by atoms with Gasteiger partial charge in [0, 0.05) is 12.6 Å². The van der Waals surface area contributed by atoms with Crippen LogP contribution in [0.25, 0.3) is 0 Å². The Kier molecular flexibility index (Phi) is 4.29. The van der Waals surface area contributed by atoms with Crippen molar-refractivity contribution in [3.63, 3.8) is 0 Å². The molecular formula is C15H19BrFNO. The summed E-state index contributed by atoms with van der Waals surface area (Å²) < 4.78 is 14.4. The molecule has 104 valence electrons. The van der Waals surface area contributed by atoms with Crippen LogP contribution in [-0.2, 0) is 0 Å².